The van der Waals surface area contributed by atoms with Crippen molar-refractivity contribution in [3.05, 3.63) is 35.9 Å². The van der Waals surface area contributed by atoms with E-state index in [1.165, 1.54) is 0 Å². The number of benzene rings is 1. The standard InChI is InChI=1S/C19H32N2O4/c1-18(2,3)24-17(23)21-15(12-14-10-8-7-9-11-14)16(22)13-20-25-19(4,5)6/h7-11,15-16,20,22H,12-13H2,1-6H3,(H,21,23)/t15-,16+/m0/s1. The second-order valence-corrected chi connectivity index (χ2v) is 8.07. The summed E-state index contributed by atoms with van der Waals surface area (Å²) < 4.78 is 5.30. The van der Waals surface area contributed by atoms with E-state index >= 15 is 0 Å². The van der Waals surface area contributed by atoms with Crippen LogP contribution in [0.15, 0.2) is 30.3 Å². The highest BCUT2D eigenvalue weighted by Crippen LogP contribution is 2.11. The Labute approximate surface area is 150 Å². The van der Waals surface area contributed by atoms with Gasteiger partial charge in [0.2, 0.25) is 0 Å². The van der Waals surface area contributed by atoms with Crippen molar-refractivity contribution in [2.45, 2.75) is 71.3 Å². The molecule has 1 aromatic rings. The molecule has 25 heavy (non-hydrogen) atoms. The molecule has 0 aliphatic rings. The minimum atomic E-state index is -0.838. The lowest BCUT2D eigenvalue weighted by Gasteiger charge is -2.28. The minimum Gasteiger partial charge on any atom is -0.444 e. The van der Waals surface area contributed by atoms with E-state index in [1.54, 1.807) is 20.8 Å². The summed E-state index contributed by atoms with van der Waals surface area (Å²) in [5.41, 5.74) is 2.82. The van der Waals surface area contributed by atoms with Crippen molar-refractivity contribution in [2.75, 3.05) is 6.54 Å². The SMILES string of the molecule is CC(C)(C)ONC[C@@H](O)[C@H](Cc1ccccc1)NC(=O)OC(C)(C)C. The number of ether oxygens (including phenoxy) is 1. The quantitative estimate of drug-likeness (QED) is 0.658. The summed E-state index contributed by atoms with van der Waals surface area (Å²) in [4.78, 5) is 17.5. The zero-order valence-electron chi connectivity index (χ0n) is 16.1. The van der Waals surface area contributed by atoms with Crippen LogP contribution in [0.3, 0.4) is 0 Å². The van der Waals surface area contributed by atoms with Gasteiger partial charge in [-0.05, 0) is 53.5 Å². The molecule has 1 rings (SSSR count). The first-order chi connectivity index (χ1) is 11.5. The van der Waals surface area contributed by atoms with Gasteiger partial charge in [-0.15, -0.1) is 0 Å². The van der Waals surface area contributed by atoms with Crippen LogP contribution in [0.2, 0.25) is 0 Å². The largest absolute Gasteiger partial charge is 0.444 e. The molecule has 0 aliphatic carbocycles. The van der Waals surface area contributed by atoms with E-state index in [9.17, 15) is 9.90 Å². The van der Waals surface area contributed by atoms with Gasteiger partial charge >= 0.3 is 6.09 Å². The lowest BCUT2D eigenvalue weighted by molar-refractivity contribution is -0.0857. The molecule has 2 atom stereocenters. The normalized spacial score (nSPS) is 14.7. The van der Waals surface area contributed by atoms with Crippen LogP contribution < -0.4 is 10.8 Å². The smallest absolute Gasteiger partial charge is 0.407 e. The minimum absolute atomic E-state index is 0.185. The Kier molecular flexibility index (Phi) is 7.86. The van der Waals surface area contributed by atoms with Gasteiger partial charge in [-0.3, -0.25) is 4.84 Å². The number of hydroxylamine groups is 1. The summed E-state index contributed by atoms with van der Waals surface area (Å²) in [6.07, 6.45) is -0.905. The Balaban J connectivity index is 2.71. The van der Waals surface area contributed by atoms with Gasteiger partial charge in [0.05, 0.1) is 17.7 Å². The topological polar surface area (TPSA) is 79.8 Å². The van der Waals surface area contributed by atoms with Crippen LogP contribution in [0.4, 0.5) is 4.79 Å². The fourth-order valence-electron chi connectivity index (χ4n) is 2.10. The third kappa shape index (κ3) is 10.1. The zero-order chi connectivity index (χ0) is 19.1. The summed E-state index contributed by atoms with van der Waals surface area (Å²) in [5, 5.41) is 13.3. The summed E-state index contributed by atoms with van der Waals surface area (Å²) in [6, 6.07) is 9.17. The fraction of sp³-hybridized carbons (Fsp3) is 0.632. The molecule has 0 fully saturated rings. The third-order valence-corrected chi connectivity index (χ3v) is 3.14. The van der Waals surface area contributed by atoms with Crippen molar-refractivity contribution in [2.24, 2.45) is 0 Å². The molecule has 3 N–H and O–H groups in total. The van der Waals surface area contributed by atoms with E-state index in [-0.39, 0.29) is 12.1 Å². The van der Waals surface area contributed by atoms with E-state index in [0.717, 1.165) is 5.56 Å². The van der Waals surface area contributed by atoms with E-state index in [1.807, 2.05) is 51.1 Å². The van der Waals surface area contributed by atoms with Gasteiger partial charge in [0.1, 0.15) is 5.60 Å². The molecule has 0 spiro atoms. The van der Waals surface area contributed by atoms with Crippen LogP contribution in [0.5, 0.6) is 0 Å². The number of alkyl carbamates (subject to hydrolysis) is 1. The van der Waals surface area contributed by atoms with Gasteiger partial charge in [0, 0.05) is 6.54 Å². The molecule has 0 saturated carbocycles. The monoisotopic (exact) mass is 352 g/mol. The van der Waals surface area contributed by atoms with E-state index in [0.29, 0.717) is 6.42 Å². The maximum absolute atomic E-state index is 12.1. The molecule has 0 unspecified atom stereocenters. The van der Waals surface area contributed by atoms with Gasteiger partial charge in [0.25, 0.3) is 0 Å². The number of amides is 1. The van der Waals surface area contributed by atoms with Crippen molar-refractivity contribution in [3.63, 3.8) is 0 Å². The highest BCUT2D eigenvalue weighted by atomic mass is 16.7. The van der Waals surface area contributed by atoms with E-state index in [2.05, 4.69) is 10.8 Å². The summed E-state index contributed by atoms with van der Waals surface area (Å²) in [6.45, 7) is 11.3. The summed E-state index contributed by atoms with van der Waals surface area (Å²) >= 11 is 0. The van der Waals surface area contributed by atoms with E-state index < -0.39 is 23.8 Å². The summed E-state index contributed by atoms with van der Waals surface area (Å²) in [5.74, 6) is 0. The lowest BCUT2D eigenvalue weighted by Crippen LogP contribution is -2.50. The Morgan fingerprint density at radius 2 is 1.68 bits per heavy atom. The highest BCUT2D eigenvalue weighted by molar-refractivity contribution is 5.68. The number of rotatable bonds is 7. The van der Waals surface area contributed by atoms with Crippen molar-refractivity contribution < 1.29 is 19.5 Å². The number of hydrogen-bond donors (Lipinski definition) is 3. The van der Waals surface area contributed by atoms with Gasteiger partial charge in [0.15, 0.2) is 0 Å². The number of aliphatic hydroxyl groups is 1. The number of carbonyl (C=O) groups is 1. The van der Waals surface area contributed by atoms with Gasteiger partial charge in [-0.1, -0.05) is 30.3 Å². The molecule has 142 valence electrons. The molecule has 0 bridgehead atoms. The van der Waals surface area contributed by atoms with Crippen molar-refractivity contribution >= 4 is 6.09 Å². The average molecular weight is 352 g/mol. The van der Waals surface area contributed by atoms with Crippen LogP contribution in [0.25, 0.3) is 0 Å². The molecule has 6 nitrogen and oxygen atoms in total. The first-order valence-electron chi connectivity index (χ1n) is 8.59. The van der Waals surface area contributed by atoms with Gasteiger partial charge in [-0.2, -0.15) is 5.48 Å². The van der Waals surface area contributed by atoms with Gasteiger partial charge < -0.3 is 15.2 Å². The molecule has 1 aromatic carbocycles. The molecule has 0 aromatic heterocycles. The van der Waals surface area contributed by atoms with E-state index in [4.69, 9.17) is 9.57 Å². The first-order valence-corrected chi connectivity index (χ1v) is 8.59. The fourth-order valence-corrected chi connectivity index (χ4v) is 2.10. The predicted molar refractivity (Wildman–Crippen MR) is 98.2 cm³/mol. The Morgan fingerprint density at radius 3 is 2.20 bits per heavy atom. The molecule has 0 saturated heterocycles. The molecule has 6 heteroatoms. The van der Waals surface area contributed by atoms with Crippen LogP contribution in [0.1, 0.15) is 47.1 Å². The van der Waals surface area contributed by atoms with Crippen molar-refractivity contribution in [3.8, 4) is 0 Å². The molecule has 0 aliphatic heterocycles. The number of nitrogens with one attached hydrogen (secondary N) is 2. The van der Waals surface area contributed by atoms with Crippen LogP contribution in [-0.4, -0.2) is 41.1 Å². The highest BCUT2D eigenvalue weighted by Gasteiger charge is 2.25. The Morgan fingerprint density at radius 1 is 1.08 bits per heavy atom. The van der Waals surface area contributed by atoms with Crippen LogP contribution in [-0.2, 0) is 16.0 Å². The Bertz CT molecular complexity index is 520. The predicted octanol–water partition coefficient (Wildman–Crippen LogP) is 2.80. The van der Waals surface area contributed by atoms with Crippen LogP contribution in [0, 0.1) is 0 Å². The number of hydrogen-bond acceptors (Lipinski definition) is 5. The second-order valence-electron chi connectivity index (χ2n) is 8.07. The molecular weight excluding hydrogens is 320 g/mol. The molecular formula is C19H32N2O4. The van der Waals surface area contributed by atoms with Crippen molar-refractivity contribution in [1.82, 2.24) is 10.8 Å². The maximum Gasteiger partial charge on any atom is 0.407 e. The summed E-state index contributed by atoms with van der Waals surface area (Å²) in [7, 11) is 0. The molecule has 0 heterocycles. The lowest BCUT2D eigenvalue weighted by atomic mass is 10.0. The first kappa shape index (κ1) is 21.4. The maximum atomic E-state index is 12.1. The third-order valence-electron chi connectivity index (χ3n) is 3.14. The van der Waals surface area contributed by atoms with Crippen LogP contribution >= 0.6 is 0 Å². The molecule has 1 amide bonds. The molecule has 0 radical (unpaired) electrons. The average Bonchev–Trinajstić information content (AvgIpc) is 2.44. The van der Waals surface area contributed by atoms with Gasteiger partial charge in [-0.25, -0.2) is 4.79 Å². The second kappa shape index (κ2) is 9.17. The van der Waals surface area contributed by atoms with Crippen molar-refractivity contribution in [1.29, 1.82) is 0 Å². The number of aliphatic hydroxyl groups excluding tert-OH is 1. The Hall–Kier alpha value is -1.63. The zero-order valence-corrected chi connectivity index (χ0v) is 16.1. The number of carbonyl (C=O) groups excluding carboxylic acids is 1.